The van der Waals surface area contributed by atoms with Crippen LogP contribution in [-0.2, 0) is 11.3 Å². The molecule has 0 saturated heterocycles. The molecule has 2 N–H and O–H groups in total. The van der Waals surface area contributed by atoms with E-state index in [1.54, 1.807) is 4.57 Å². The van der Waals surface area contributed by atoms with Crippen LogP contribution in [0.2, 0.25) is 0 Å². The van der Waals surface area contributed by atoms with Crippen molar-refractivity contribution < 1.29 is 18.9 Å². The van der Waals surface area contributed by atoms with E-state index in [4.69, 9.17) is 0 Å². The molecule has 194 valence electrons. The lowest BCUT2D eigenvalue weighted by Gasteiger charge is -2.12. The summed E-state index contributed by atoms with van der Waals surface area (Å²) >= 11 is 4.54. The molecule has 0 aliphatic rings. The van der Waals surface area contributed by atoms with Gasteiger partial charge in [-0.25, -0.2) is 4.39 Å². The number of carbonyl (C=O) groups excluding carboxylic acids is 2. The van der Waals surface area contributed by atoms with E-state index in [0.717, 1.165) is 16.2 Å². The van der Waals surface area contributed by atoms with Gasteiger partial charge < -0.3 is 10.6 Å². The minimum atomic E-state index is -0.536. The van der Waals surface area contributed by atoms with E-state index < -0.39 is 16.6 Å². The fourth-order valence-corrected chi connectivity index (χ4v) is 4.58. The average Bonchev–Trinajstić information content (AvgIpc) is 3.30. The highest BCUT2D eigenvalue weighted by molar-refractivity contribution is 9.10. The second-order valence-electron chi connectivity index (χ2n) is 7.94. The molecule has 0 radical (unpaired) electrons. The van der Waals surface area contributed by atoms with Crippen molar-refractivity contribution in [1.82, 2.24) is 20.1 Å². The SMILES string of the molecule is Cc1c(C(=O)NCc2nnc(SCC(=O)Nc3ccc(F)cc3)n2-c2ccc(Br)cc2)cccc1[N+](=O)[O-]. The number of halogens is 2. The van der Waals surface area contributed by atoms with Gasteiger partial charge in [0.25, 0.3) is 11.6 Å². The van der Waals surface area contributed by atoms with Crippen LogP contribution in [0.25, 0.3) is 5.69 Å². The van der Waals surface area contributed by atoms with E-state index in [-0.39, 0.29) is 35.0 Å². The summed E-state index contributed by atoms with van der Waals surface area (Å²) in [6.45, 7) is 1.50. The van der Waals surface area contributed by atoms with Gasteiger partial charge in [-0.3, -0.25) is 24.3 Å². The van der Waals surface area contributed by atoms with Crippen molar-refractivity contribution in [2.75, 3.05) is 11.1 Å². The van der Waals surface area contributed by atoms with Crippen molar-refractivity contribution in [2.45, 2.75) is 18.6 Å². The number of amides is 2. The zero-order valence-corrected chi connectivity index (χ0v) is 22.3. The van der Waals surface area contributed by atoms with Gasteiger partial charge in [0.15, 0.2) is 11.0 Å². The van der Waals surface area contributed by atoms with Crippen molar-refractivity contribution in [3.63, 3.8) is 0 Å². The summed E-state index contributed by atoms with van der Waals surface area (Å²) in [5, 5.41) is 25.5. The van der Waals surface area contributed by atoms with Crippen LogP contribution in [0.3, 0.4) is 0 Å². The molecule has 4 aromatic rings. The van der Waals surface area contributed by atoms with E-state index in [1.165, 1.54) is 49.4 Å². The highest BCUT2D eigenvalue weighted by Gasteiger charge is 2.20. The smallest absolute Gasteiger partial charge is 0.273 e. The van der Waals surface area contributed by atoms with Crippen LogP contribution in [-0.4, -0.2) is 37.3 Å². The summed E-state index contributed by atoms with van der Waals surface area (Å²) in [4.78, 5) is 36.0. The van der Waals surface area contributed by atoms with Gasteiger partial charge in [-0.1, -0.05) is 33.8 Å². The van der Waals surface area contributed by atoms with Gasteiger partial charge in [-0.05, 0) is 61.5 Å². The topological polar surface area (TPSA) is 132 Å². The summed E-state index contributed by atoms with van der Waals surface area (Å²) in [6.07, 6.45) is 0. The van der Waals surface area contributed by atoms with Gasteiger partial charge in [-0.15, -0.1) is 10.2 Å². The fraction of sp³-hybridized carbons (Fsp3) is 0.120. The summed E-state index contributed by atoms with van der Waals surface area (Å²) in [5.74, 6) is -0.816. The molecule has 13 heteroatoms. The number of nitro benzene ring substituents is 1. The Labute approximate surface area is 228 Å². The van der Waals surface area contributed by atoms with Gasteiger partial charge in [0.1, 0.15) is 5.82 Å². The molecule has 1 aromatic heterocycles. The first kappa shape index (κ1) is 26.9. The Morgan fingerprint density at radius 3 is 2.47 bits per heavy atom. The van der Waals surface area contributed by atoms with E-state index in [1.807, 2.05) is 24.3 Å². The van der Waals surface area contributed by atoms with E-state index in [9.17, 15) is 24.1 Å². The molecule has 0 saturated carbocycles. The number of rotatable bonds is 9. The van der Waals surface area contributed by atoms with E-state index in [0.29, 0.717) is 22.4 Å². The highest BCUT2D eigenvalue weighted by Crippen LogP contribution is 2.25. The lowest BCUT2D eigenvalue weighted by atomic mass is 10.1. The van der Waals surface area contributed by atoms with Crippen LogP contribution in [0.4, 0.5) is 15.8 Å². The van der Waals surface area contributed by atoms with Crippen molar-refractivity contribution >= 4 is 50.9 Å². The third-order valence-corrected chi connectivity index (χ3v) is 6.86. The Balaban J connectivity index is 1.52. The number of aromatic nitrogens is 3. The van der Waals surface area contributed by atoms with Crippen molar-refractivity contribution in [3.05, 3.63) is 104 Å². The molecule has 4 rings (SSSR count). The minimum Gasteiger partial charge on any atom is -0.345 e. The molecular formula is C25H20BrFN6O4S. The Kier molecular flexibility index (Phi) is 8.48. The predicted molar refractivity (Wildman–Crippen MR) is 144 cm³/mol. The first-order valence-electron chi connectivity index (χ1n) is 11.1. The monoisotopic (exact) mass is 598 g/mol. The number of anilines is 1. The second-order valence-corrected chi connectivity index (χ2v) is 9.80. The Morgan fingerprint density at radius 2 is 1.79 bits per heavy atom. The maximum absolute atomic E-state index is 13.1. The van der Waals surface area contributed by atoms with Gasteiger partial charge in [0.05, 0.1) is 17.2 Å². The summed E-state index contributed by atoms with van der Waals surface area (Å²) in [7, 11) is 0. The van der Waals surface area contributed by atoms with Crippen LogP contribution < -0.4 is 10.6 Å². The van der Waals surface area contributed by atoms with Gasteiger partial charge in [-0.2, -0.15) is 0 Å². The van der Waals surface area contributed by atoms with Gasteiger partial charge in [0.2, 0.25) is 5.91 Å². The number of hydrogen-bond acceptors (Lipinski definition) is 7. The second kappa shape index (κ2) is 12.0. The van der Waals surface area contributed by atoms with Crippen molar-refractivity contribution in [1.29, 1.82) is 0 Å². The molecule has 0 aliphatic heterocycles. The number of nitrogens with one attached hydrogen (secondary N) is 2. The number of thioether (sulfide) groups is 1. The molecule has 0 atom stereocenters. The maximum Gasteiger partial charge on any atom is 0.273 e. The molecule has 38 heavy (non-hydrogen) atoms. The van der Waals surface area contributed by atoms with Gasteiger partial charge in [0, 0.05) is 33.0 Å². The summed E-state index contributed by atoms with van der Waals surface area (Å²) in [6, 6.07) is 17.1. The zero-order valence-electron chi connectivity index (χ0n) is 19.9. The molecule has 0 unspecified atom stereocenters. The minimum absolute atomic E-state index is 0.00523. The zero-order chi connectivity index (χ0) is 27.2. The number of nitro groups is 1. The first-order valence-corrected chi connectivity index (χ1v) is 12.9. The number of carbonyl (C=O) groups is 2. The molecule has 1 heterocycles. The van der Waals surface area contributed by atoms with E-state index >= 15 is 0 Å². The van der Waals surface area contributed by atoms with Crippen molar-refractivity contribution in [2.24, 2.45) is 0 Å². The largest absolute Gasteiger partial charge is 0.345 e. The Bertz CT molecular complexity index is 1490. The number of benzene rings is 3. The highest BCUT2D eigenvalue weighted by atomic mass is 79.9. The molecular weight excluding hydrogens is 579 g/mol. The van der Waals surface area contributed by atoms with Crippen LogP contribution in [0, 0.1) is 22.9 Å². The quantitative estimate of drug-likeness (QED) is 0.156. The third-order valence-electron chi connectivity index (χ3n) is 5.40. The average molecular weight is 599 g/mol. The Hall–Kier alpha value is -4.10. The fourth-order valence-electron chi connectivity index (χ4n) is 3.54. The van der Waals surface area contributed by atoms with Gasteiger partial charge >= 0.3 is 0 Å². The van der Waals surface area contributed by atoms with Crippen molar-refractivity contribution in [3.8, 4) is 5.69 Å². The normalized spacial score (nSPS) is 10.7. The molecule has 10 nitrogen and oxygen atoms in total. The molecule has 3 aromatic carbocycles. The predicted octanol–water partition coefficient (Wildman–Crippen LogP) is 5.05. The molecule has 0 bridgehead atoms. The van der Waals surface area contributed by atoms with Crippen LogP contribution in [0.1, 0.15) is 21.7 Å². The number of hydrogen-bond donors (Lipinski definition) is 2. The summed E-state index contributed by atoms with van der Waals surface area (Å²) < 4.78 is 15.7. The first-order chi connectivity index (χ1) is 18.2. The molecule has 0 spiro atoms. The van der Waals surface area contributed by atoms with Crippen LogP contribution in [0.5, 0.6) is 0 Å². The number of nitrogens with zero attached hydrogens (tertiary/aromatic N) is 4. The molecule has 2 amide bonds. The molecule has 0 fully saturated rings. The summed E-state index contributed by atoms with van der Waals surface area (Å²) in [5.41, 5.74) is 1.46. The van der Waals surface area contributed by atoms with Crippen LogP contribution in [0.15, 0.2) is 76.4 Å². The maximum atomic E-state index is 13.1. The van der Waals surface area contributed by atoms with E-state index in [2.05, 4.69) is 36.8 Å². The third kappa shape index (κ3) is 6.42. The standard InChI is InChI=1S/C25H20BrFN6O4S/c1-15-20(3-2-4-21(15)33(36)37)24(35)28-13-22-30-31-25(32(22)19-11-5-16(26)6-12-19)38-14-23(34)29-18-9-7-17(27)8-10-18/h2-12H,13-14H2,1H3,(H,28,35)(H,29,34). The molecule has 0 aliphatic carbocycles. The van der Waals surface area contributed by atoms with Crippen LogP contribution >= 0.6 is 27.7 Å². The lowest BCUT2D eigenvalue weighted by Crippen LogP contribution is -2.25. The Morgan fingerprint density at radius 1 is 1.08 bits per heavy atom. The lowest BCUT2D eigenvalue weighted by molar-refractivity contribution is -0.385.